The smallest absolute Gasteiger partial charge is 0.258 e. The summed E-state index contributed by atoms with van der Waals surface area (Å²) in [5.74, 6) is -0.322. The van der Waals surface area contributed by atoms with Crippen LogP contribution in [0.2, 0.25) is 0 Å². The molecule has 0 saturated carbocycles. The van der Waals surface area contributed by atoms with E-state index in [1.54, 1.807) is 31.2 Å². The van der Waals surface area contributed by atoms with Gasteiger partial charge < -0.3 is 0 Å². The first-order valence-electron chi connectivity index (χ1n) is 5.09. The highest BCUT2D eigenvalue weighted by Crippen LogP contribution is 2.29. The molecular formula is C13H10FNO2. The quantitative estimate of drug-likeness (QED) is 0.584. The number of nitrogens with zero attached hydrogens (tertiary/aromatic N) is 1. The normalized spacial score (nSPS) is 10.2. The SMILES string of the molecule is Cc1c(-c2ccc(F)cc2)cccc1[N+](=O)[O-]. The molecule has 0 saturated heterocycles. The highest BCUT2D eigenvalue weighted by Gasteiger charge is 2.13. The summed E-state index contributed by atoms with van der Waals surface area (Å²) in [6, 6.07) is 10.8. The Labute approximate surface area is 97.7 Å². The Balaban J connectivity index is 2.56. The van der Waals surface area contributed by atoms with Crippen molar-refractivity contribution in [3.05, 3.63) is 64.0 Å². The second-order valence-corrected chi connectivity index (χ2v) is 3.71. The Morgan fingerprint density at radius 2 is 1.76 bits per heavy atom. The summed E-state index contributed by atoms with van der Waals surface area (Å²) >= 11 is 0. The van der Waals surface area contributed by atoms with E-state index < -0.39 is 4.92 Å². The second kappa shape index (κ2) is 4.33. The van der Waals surface area contributed by atoms with E-state index in [9.17, 15) is 14.5 Å². The summed E-state index contributed by atoms with van der Waals surface area (Å²) in [6.07, 6.45) is 0. The van der Waals surface area contributed by atoms with Crippen LogP contribution in [0.1, 0.15) is 5.56 Å². The van der Waals surface area contributed by atoms with Crippen molar-refractivity contribution in [1.82, 2.24) is 0 Å². The zero-order valence-electron chi connectivity index (χ0n) is 9.18. The van der Waals surface area contributed by atoms with Gasteiger partial charge >= 0.3 is 0 Å². The van der Waals surface area contributed by atoms with Crippen LogP contribution in [-0.4, -0.2) is 4.92 Å². The molecule has 0 aliphatic carbocycles. The topological polar surface area (TPSA) is 43.1 Å². The average molecular weight is 231 g/mol. The molecule has 0 heterocycles. The molecule has 0 spiro atoms. The fourth-order valence-electron chi connectivity index (χ4n) is 1.76. The maximum Gasteiger partial charge on any atom is 0.272 e. The Bertz CT molecular complexity index is 564. The monoisotopic (exact) mass is 231 g/mol. The van der Waals surface area contributed by atoms with E-state index in [1.807, 2.05) is 0 Å². The van der Waals surface area contributed by atoms with Crippen molar-refractivity contribution in [1.29, 1.82) is 0 Å². The van der Waals surface area contributed by atoms with Gasteiger partial charge in [0.2, 0.25) is 0 Å². The van der Waals surface area contributed by atoms with E-state index in [0.717, 1.165) is 11.1 Å². The minimum absolute atomic E-state index is 0.0758. The van der Waals surface area contributed by atoms with Gasteiger partial charge in [0.1, 0.15) is 5.82 Å². The lowest BCUT2D eigenvalue weighted by atomic mass is 9.99. The molecule has 0 radical (unpaired) electrons. The fraction of sp³-hybridized carbons (Fsp3) is 0.0769. The first-order chi connectivity index (χ1) is 8.09. The third-order valence-corrected chi connectivity index (χ3v) is 2.66. The van der Waals surface area contributed by atoms with E-state index in [-0.39, 0.29) is 11.5 Å². The molecule has 86 valence electrons. The Morgan fingerprint density at radius 1 is 1.12 bits per heavy atom. The summed E-state index contributed by atoms with van der Waals surface area (Å²) in [5.41, 5.74) is 2.18. The number of rotatable bonds is 2. The van der Waals surface area contributed by atoms with Crippen molar-refractivity contribution in [3.8, 4) is 11.1 Å². The lowest BCUT2D eigenvalue weighted by molar-refractivity contribution is -0.385. The van der Waals surface area contributed by atoms with Gasteiger partial charge in [0.05, 0.1) is 4.92 Å². The minimum atomic E-state index is -0.414. The lowest BCUT2D eigenvalue weighted by Gasteiger charge is -2.06. The fourth-order valence-corrected chi connectivity index (χ4v) is 1.76. The van der Waals surface area contributed by atoms with Gasteiger partial charge in [-0.1, -0.05) is 24.3 Å². The predicted octanol–water partition coefficient (Wildman–Crippen LogP) is 3.71. The van der Waals surface area contributed by atoms with Gasteiger partial charge in [0.15, 0.2) is 0 Å². The first-order valence-corrected chi connectivity index (χ1v) is 5.09. The number of nitro groups is 1. The van der Waals surface area contributed by atoms with Gasteiger partial charge in [-0.2, -0.15) is 0 Å². The van der Waals surface area contributed by atoms with Crippen LogP contribution in [0.5, 0.6) is 0 Å². The molecule has 2 aromatic carbocycles. The van der Waals surface area contributed by atoms with Crippen LogP contribution in [0, 0.1) is 22.9 Å². The molecule has 0 atom stereocenters. The number of halogens is 1. The van der Waals surface area contributed by atoms with Crippen LogP contribution < -0.4 is 0 Å². The summed E-state index contributed by atoms with van der Waals surface area (Å²) in [7, 11) is 0. The van der Waals surface area contributed by atoms with Crippen LogP contribution in [0.3, 0.4) is 0 Å². The highest BCUT2D eigenvalue weighted by molar-refractivity contribution is 5.71. The zero-order chi connectivity index (χ0) is 12.4. The van der Waals surface area contributed by atoms with Crippen LogP contribution in [0.4, 0.5) is 10.1 Å². The highest BCUT2D eigenvalue weighted by atomic mass is 19.1. The van der Waals surface area contributed by atoms with Gasteiger partial charge in [0.25, 0.3) is 5.69 Å². The van der Waals surface area contributed by atoms with Crippen molar-refractivity contribution < 1.29 is 9.31 Å². The third kappa shape index (κ3) is 2.15. The van der Waals surface area contributed by atoms with Gasteiger partial charge in [-0.25, -0.2) is 4.39 Å². The predicted molar refractivity (Wildman–Crippen MR) is 63.2 cm³/mol. The van der Waals surface area contributed by atoms with Crippen molar-refractivity contribution in [2.24, 2.45) is 0 Å². The molecule has 0 bridgehead atoms. The Morgan fingerprint density at radius 3 is 2.35 bits per heavy atom. The molecule has 17 heavy (non-hydrogen) atoms. The summed E-state index contributed by atoms with van der Waals surface area (Å²) < 4.78 is 12.8. The van der Waals surface area contributed by atoms with Crippen molar-refractivity contribution in [3.63, 3.8) is 0 Å². The van der Waals surface area contributed by atoms with Crippen LogP contribution in [-0.2, 0) is 0 Å². The second-order valence-electron chi connectivity index (χ2n) is 3.71. The Kier molecular flexibility index (Phi) is 2.87. The van der Waals surface area contributed by atoms with E-state index in [4.69, 9.17) is 0 Å². The van der Waals surface area contributed by atoms with E-state index in [0.29, 0.717) is 5.56 Å². The number of hydrogen-bond donors (Lipinski definition) is 0. The Hall–Kier alpha value is -2.23. The average Bonchev–Trinajstić information content (AvgIpc) is 2.30. The van der Waals surface area contributed by atoms with Gasteiger partial charge in [-0.3, -0.25) is 10.1 Å². The molecule has 4 heteroatoms. The summed E-state index contributed by atoms with van der Waals surface area (Å²) in [6.45, 7) is 1.69. The molecule has 2 rings (SSSR count). The van der Waals surface area contributed by atoms with E-state index >= 15 is 0 Å². The molecular weight excluding hydrogens is 221 g/mol. The van der Waals surface area contributed by atoms with Gasteiger partial charge in [0, 0.05) is 11.6 Å². The summed E-state index contributed by atoms with van der Waals surface area (Å²) in [5, 5.41) is 10.8. The standard InChI is InChI=1S/C13H10FNO2/c1-9-12(3-2-4-13(9)15(16)17)10-5-7-11(14)8-6-10/h2-8H,1H3. The molecule has 0 aliphatic rings. The summed E-state index contributed by atoms with van der Waals surface area (Å²) in [4.78, 5) is 10.4. The molecule has 0 aliphatic heterocycles. The lowest BCUT2D eigenvalue weighted by Crippen LogP contribution is -1.93. The van der Waals surface area contributed by atoms with Crippen molar-refractivity contribution >= 4 is 5.69 Å². The van der Waals surface area contributed by atoms with E-state index in [1.165, 1.54) is 18.2 Å². The maximum atomic E-state index is 12.8. The number of benzene rings is 2. The van der Waals surface area contributed by atoms with Gasteiger partial charge in [-0.15, -0.1) is 0 Å². The van der Waals surface area contributed by atoms with Gasteiger partial charge in [-0.05, 0) is 30.2 Å². The number of hydrogen-bond acceptors (Lipinski definition) is 2. The van der Waals surface area contributed by atoms with Crippen LogP contribution in [0.25, 0.3) is 11.1 Å². The van der Waals surface area contributed by atoms with Crippen molar-refractivity contribution in [2.75, 3.05) is 0 Å². The zero-order valence-corrected chi connectivity index (χ0v) is 9.18. The molecule has 0 unspecified atom stereocenters. The largest absolute Gasteiger partial charge is 0.272 e. The molecule has 0 N–H and O–H groups in total. The van der Waals surface area contributed by atoms with Crippen molar-refractivity contribution in [2.45, 2.75) is 6.92 Å². The molecule has 0 aromatic heterocycles. The number of nitro benzene ring substituents is 1. The minimum Gasteiger partial charge on any atom is -0.258 e. The van der Waals surface area contributed by atoms with Crippen LogP contribution in [0.15, 0.2) is 42.5 Å². The molecule has 0 amide bonds. The molecule has 0 fully saturated rings. The van der Waals surface area contributed by atoms with Crippen LogP contribution >= 0.6 is 0 Å². The third-order valence-electron chi connectivity index (χ3n) is 2.66. The first kappa shape index (κ1) is 11.3. The maximum absolute atomic E-state index is 12.8. The molecule has 3 nitrogen and oxygen atoms in total. The van der Waals surface area contributed by atoms with E-state index in [2.05, 4.69) is 0 Å². The molecule has 2 aromatic rings.